The van der Waals surface area contributed by atoms with Crippen LogP contribution in [0.15, 0.2) is 182 Å². The van der Waals surface area contributed by atoms with Crippen LogP contribution in [-0.2, 0) is 4.74 Å². The summed E-state index contributed by atoms with van der Waals surface area (Å²) in [5.41, 5.74) is -1.21. The van der Waals surface area contributed by atoms with E-state index in [-0.39, 0.29) is 89.6 Å². The molecule has 0 amide bonds. The molecule has 0 atom stereocenters. The van der Waals surface area contributed by atoms with E-state index in [1.54, 1.807) is 12.1 Å². The molecule has 0 bridgehead atoms. The summed E-state index contributed by atoms with van der Waals surface area (Å²) in [7, 11) is 0. The molecule has 0 aromatic heterocycles. The third kappa shape index (κ3) is 25.2. The molecule has 0 saturated heterocycles. The highest BCUT2D eigenvalue weighted by molar-refractivity contribution is 6.15. The van der Waals surface area contributed by atoms with E-state index >= 15 is 0 Å². The van der Waals surface area contributed by atoms with Crippen molar-refractivity contribution >= 4 is 89.5 Å². The Morgan fingerprint density at radius 3 is 0.863 bits per heavy atom. The van der Waals surface area contributed by atoms with Crippen LogP contribution in [0.25, 0.3) is 0 Å². The van der Waals surface area contributed by atoms with Gasteiger partial charge in [-0.2, -0.15) is 0 Å². The molecule has 0 spiro atoms. The van der Waals surface area contributed by atoms with E-state index < -0.39 is 101 Å². The van der Waals surface area contributed by atoms with Gasteiger partial charge in [-0.15, -0.1) is 0 Å². The zero-order valence-corrected chi connectivity index (χ0v) is 47.5. The monoisotopic (exact) mass is 1310 g/mol. The summed E-state index contributed by atoms with van der Waals surface area (Å²) in [4.78, 5) is 157. The van der Waals surface area contributed by atoms with Crippen LogP contribution in [0.5, 0.6) is 17.2 Å². The quantitative estimate of drug-likeness (QED) is 0.0384. The number of aromatic hydroxyl groups is 3. The summed E-state index contributed by atoms with van der Waals surface area (Å²) in [5, 5.41) is 137. The molecule has 1 heterocycles. The van der Waals surface area contributed by atoms with Crippen LogP contribution in [0.3, 0.4) is 0 Å². The molecule has 0 fully saturated rings. The molecule has 95 heavy (non-hydrogen) atoms. The van der Waals surface area contributed by atoms with Crippen molar-refractivity contribution < 1.29 is 158 Å². The van der Waals surface area contributed by atoms with E-state index in [1.807, 2.05) is 0 Å². The second-order valence-electron chi connectivity index (χ2n) is 17.5. The van der Waals surface area contributed by atoms with Crippen LogP contribution < -0.4 is 0 Å². The first-order chi connectivity index (χ1) is 44.5. The molecule has 0 aliphatic carbocycles. The second-order valence-corrected chi connectivity index (χ2v) is 17.5. The molecule has 0 saturated carbocycles. The average molecular weight is 1320 g/mol. The van der Waals surface area contributed by atoms with E-state index in [1.165, 1.54) is 140 Å². The van der Waals surface area contributed by atoms with E-state index in [2.05, 4.69) is 4.74 Å². The zero-order valence-electron chi connectivity index (χ0n) is 47.5. The molecule has 1 aliphatic rings. The Morgan fingerprint density at radius 2 is 0.516 bits per heavy atom. The lowest BCUT2D eigenvalue weighted by Gasteiger charge is -2.02. The topological polar surface area (TPSA) is 589 Å². The number of carbonyl (C=O) groups is 15. The van der Waals surface area contributed by atoms with E-state index in [4.69, 9.17) is 81.7 Å². The Hall–Kier alpha value is -14.6. The number of para-hydroxylation sites is 1. The Morgan fingerprint density at radius 1 is 0.221 bits per heavy atom. The number of esters is 2. The van der Waals surface area contributed by atoms with Crippen LogP contribution >= 0.6 is 0 Å². The summed E-state index contributed by atoms with van der Waals surface area (Å²) in [6, 6.07) is 38.9. The number of phenolic OH excluding ortho intramolecular Hbond substituents is 2. The van der Waals surface area contributed by atoms with Gasteiger partial charge >= 0.3 is 89.5 Å². The summed E-state index contributed by atoms with van der Waals surface area (Å²) < 4.78 is 4.30. The van der Waals surface area contributed by atoms with Crippen LogP contribution in [0.2, 0.25) is 0 Å². The Kier molecular flexibility index (Phi) is 29.5. The fourth-order valence-electron chi connectivity index (χ4n) is 6.55. The minimum absolute atomic E-state index is 0.00917. The van der Waals surface area contributed by atoms with Gasteiger partial charge < -0.3 is 86.4 Å². The first kappa shape index (κ1) is 76.5. The largest absolute Gasteiger partial charge is 0.508 e. The summed E-state index contributed by atoms with van der Waals surface area (Å²) >= 11 is 0. The smallest absolute Gasteiger partial charge is 0.346 e. The molecule has 32 heteroatoms. The number of benzene rings is 8. The van der Waals surface area contributed by atoms with Crippen LogP contribution in [0, 0.1) is 0 Å². The second kappa shape index (κ2) is 36.7. The van der Waals surface area contributed by atoms with Crippen molar-refractivity contribution in [1.29, 1.82) is 0 Å². The van der Waals surface area contributed by atoms with Crippen LogP contribution in [0.4, 0.5) is 0 Å². The fraction of sp³-hybridized carbons (Fsp3) is 0. The minimum Gasteiger partial charge on any atom is -0.508 e. The summed E-state index contributed by atoms with van der Waals surface area (Å²) in [5.74, 6) is -17.0. The maximum absolute atomic E-state index is 11.0. The minimum atomic E-state index is -1.48. The lowest BCUT2D eigenvalue weighted by Crippen LogP contribution is -2.10. The van der Waals surface area contributed by atoms with Crippen molar-refractivity contribution in [1.82, 2.24) is 0 Å². The number of carboxylic acid groups (broad SMARTS) is 13. The van der Waals surface area contributed by atoms with Gasteiger partial charge in [0, 0.05) is 0 Å². The Labute approximate surface area is 529 Å². The van der Waals surface area contributed by atoms with Gasteiger partial charge in [-0.05, 0) is 146 Å². The Balaban J connectivity index is 0.000000371. The van der Waals surface area contributed by atoms with Gasteiger partial charge in [0.1, 0.15) is 22.8 Å². The van der Waals surface area contributed by atoms with Gasteiger partial charge in [-0.25, -0.2) is 71.9 Å². The molecule has 1 aliphatic heterocycles. The lowest BCUT2D eigenvalue weighted by molar-refractivity contribution is 0.0437. The van der Waals surface area contributed by atoms with Crippen LogP contribution in [-0.4, -0.2) is 171 Å². The number of phenols is 3. The third-order valence-corrected chi connectivity index (χ3v) is 11.1. The Bertz CT molecular complexity index is 4150. The number of carbonyl (C=O) groups excluding carboxylic acids is 2. The molecular weight excluding hydrogens is 1270 g/mol. The summed E-state index contributed by atoms with van der Waals surface area (Å²) in [6.45, 7) is 0. The number of cyclic esters (lactones) is 2. The number of fused-ring (bicyclic) bond motifs is 1. The maximum atomic E-state index is 11.0. The highest BCUT2D eigenvalue weighted by atomic mass is 16.6. The SMILES string of the molecule is O=C(O)c1ccc(C(=O)O)c(C(=O)O)c1.O=C(O)c1ccc(C(=O)O)cc1.O=C(O)c1ccc(O)cc1.O=C(O)c1ccc2c(c1)C(=O)OC2=O.O=C(O)c1cccc(C(=O)O)c1.O=C(O)c1cccc(O)c1.O=C(O)c1ccccc1C(=O)O.O=C(O)c1ccccc1O. The molecule has 32 nitrogen and oxygen atoms in total. The highest BCUT2D eigenvalue weighted by Crippen LogP contribution is 2.22. The normalized spacial score (nSPS) is 9.98. The van der Waals surface area contributed by atoms with Gasteiger partial charge in [-0.3, -0.25) is 0 Å². The lowest BCUT2D eigenvalue weighted by atomic mass is 10.0. The van der Waals surface area contributed by atoms with E-state index in [0.29, 0.717) is 0 Å². The van der Waals surface area contributed by atoms with Crippen molar-refractivity contribution in [3.05, 3.63) is 265 Å². The molecule has 0 unspecified atom stereocenters. The molecular formula is C63H46O32. The molecule has 9 rings (SSSR count). The van der Waals surface area contributed by atoms with Crippen molar-refractivity contribution in [2.24, 2.45) is 0 Å². The maximum Gasteiger partial charge on any atom is 0.346 e. The standard InChI is InChI=1S/C9H6O6.C9H4O5.3C8H6O4.3C7H6O3/c10-7(11)4-1-2-5(8(12)13)6(3-4)9(14)15;10-7(11)4-1-2-5-6(3-4)9(13)14-8(5)12;9-7(10)5-1-2-6(4-3-5)8(11)12;9-7(10)5-2-1-3-6(4-5)8(11)12;9-7(10)5-3-1-2-4-6(5)8(11)12;8-6-3-1-5(2-4-6)7(9)10;8-6-3-1-2-5(4-6)7(9)10;8-6-4-2-1-3-5(6)7(9)10/h1-3H,(H,10,11)(H,12,13)(H,14,15);1-3H,(H,10,11);3*1-4H,(H,9,10)(H,11,12);3*1-4,8H,(H,9,10). The predicted octanol–water partition coefficient (Wildman–Crippen LogP) is 8.00. The van der Waals surface area contributed by atoms with E-state index in [0.717, 1.165) is 30.3 Å². The van der Waals surface area contributed by atoms with E-state index in [9.17, 15) is 71.9 Å². The predicted molar refractivity (Wildman–Crippen MR) is 317 cm³/mol. The van der Waals surface area contributed by atoms with Crippen molar-refractivity contribution in [2.75, 3.05) is 0 Å². The van der Waals surface area contributed by atoms with Gasteiger partial charge in [0.15, 0.2) is 0 Å². The number of carboxylic acids is 13. The zero-order chi connectivity index (χ0) is 72.0. The van der Waals surface area contributed by atoms with Crippen LogP contribution in [0.1, 0.15) is 155 Å². The van der Waals surface area contributed by atoms with Crippen molar-refractivity contribution in [3.8, 4) is 17.2 Å². The van der Waals surface area contributed by atoms with Crippen molar-refractivity contribution in [3.63, 3.8) is 0 Å². The number of hydrogen-bond donors (Lipinski definition) is 16. The van der Waals surface area contributed by atoms with Gasteiger partial charge in [0.25, 0.3) is 0 Å². The van der Waals surface area contributed by atoms with Gasteiger partial charge in [-0.1, -0.05) is 36.4 Å². The summed E-state index contributed by atoms with van der Waals surface area (Å²) in [6.07, 6.45) is 0. The van der Waals surface area contributed by atoms with Gasteiger partial charge in [0.05, 0.1) is 77.9 Å². The first-order valence-electron chi connectivity index (χ1n) is 25.2. The number of hydrogen-bond acceptors (Lipinski definition) is 19. The number of rotatable bonds is 13. The molecule has 8 aromatic carbocycles. The molecule has 490 valence electrons. The number of ether oxygens (including phenoxy) is 1. The number of aromatic carboxylic acids is 13. The average Bonchev–Trinajstić information content (AvgIpc) is 1.70. The fourth-order valence-corrected chi connectivity index (χ4v) is 6.55. The first-order valence-corrected chi connectivity index (χ1v) is 25.2. The molecule has 0 radical (unpaired) electrons. The highest BCUT2D eigenvalue weighted by Gasteiger charge is 2.30. The molecule has 16 N–H and O–H groups in total. The molecule has 8 aromatic rings. The van der Waals surface area contributed by atoms with Gasteiger partial charge in [0.2, 0.25) is 0 Å². The third-order valence-electron chi connectivity index (χ3n) is 11.1. The van der Waals surface area contributed by atoms with Crippen molar-refractivity contribution in [2.45, 2.75) is 0 Å².